The fourth-order valence-electron chi connectivity index (χ4n) is 4.07. The molecule has 2 amide bonds. The molecule has 2 N–H and O–H groups in total. The van der Waals surface area contributed by atoms with E-state index in [4.69, 9.17) is 4.74 Å². The van der Waals surface area contributed by atoms with Crippen molar-refractivity contribution < 1.29 is 9.53 Å². The Labute approximate surface area is 179 Å². The number of imidazole rings is 1. The van der Waals surface area contributed by atoms with Crippen LogP contribution in [0.2, 0.25) is 0 Å². The van der Waals surface area contributed by atoms with Gasteiger partial charge in [0.05, 0.1) is 37.6 Å². The number of aromatic nitrogens is 4. The highest BCUT2D eigenvalue weighted by molar-refractivity contribution is 5.90. The van der Waals surface area contributed by atoms with E-state index in [2.05, 4.69) is 37.4 Å². The molecule has 0 saturated carbocycles. The molecule has 1 aliphatic rings. The normalized spacial score (nSPS) is 14.1. The Morgan fingerprint density at radius 1 is 1.16 bits per heavy atom. The molecule has 0 spiro atoms. The number of rotatable bonds is 5. The number of nitrogens with zero attached hydrogens (tertiary/aromatic N) is 4. The number of ether oxygens (including phenoxy) is 1. The predicted octanol–water partition coefficient (Wildman–Crippen LogP) is 3.68. The number of fused-ring (bicyclic) bond motifs is 3. The zero-order valence-electron chi connectivity index (χ0n) is 17.2. The quantitative estimate of drug-likeness (QED) is 0.522. The molecular formula is C23H22N6O2. The van der Waals surface area contributed by atoms with Crippen LogP contribution in [0.1, 0.15) is 11.6 Å². The third-order valence-corrected chi connectivity index (χ3v) is 5.53. The Morgan fingerprint density at radius 2 is 2.03 bits per heavy atom. The first kappa shape index (κ1) is 18.9. The first-order valence-corrected chi connectivity index (χ1v) is 9.97. The van der Waals surface area contributed by atoms with Crippen molar-refractivity contribution in [2.45, 2.75) is 6.04 Å². The molecule has 0 aliphatic carbocycles. The number of nitrogens with one attached hydrogen (secondary N) is 2. The maximum atomic E-state index is 12.6. The molecule has 2 aromatic carbocycles. The number of amides is 2. The fourth-order valence-corrected chi connectivity index (χ4v) is 4.07. The van der Waals surface area contributed by atoms with Crippen molar-refractivity contribution in [2.75, 3.05) is 19.0 Å². The van der Waals surface area contributed by atoms with Gasteiger partial charge in [0, 0.05) is 48.2 Å². The number of benzene rings is 2. The van der Waals surface area contributed by atoms with Crippen molar-refractivity contribution in [2.24, 2.45) is 7.05 Å². The van der Waals surface area contributed by atoms with Crippen molar-refractivity contribution in [3.63, 3.8) is 0 Å². The third kappa shape index (κ3) is 3.42. The summed E-state index contributed by atoms with van der Waals surface area (Å²) in [6.07, 6.45) is 7.36. The number of carbonyl (C=O) groups excluding carboxylic acids is 1. The summed E-state index contributed by atoms with van der Waals surface area (Å²) < 4.78 is 9.35. The van der Waals surface area contributed by atoms with E-state index in [-0.39, 0.29) is 12.1 Å². The second-order valence-electron chi connectivity index (χ2n) is 7.44. The second kappa shape index (κ2) is 7.64. The van der Waals surface area contributed by atoms with Crippen LogP contribution in [0.4, 0.5) is 10.5 Å². The van der Waals surface area contributed by atoms with Crippen LogP contribution < -0.4 is 15.4 Å². The first-order valence-electron chi connectivity index (χ1n) is 9.97. The molecule has 0 radical (unpaired) electrons. The molecule has 4 aromatic rings. The molecule has 0 bridgehead atoms. The lowest BCUT2D eigenvalue weighted by Crippen LogP contribution is -2.33. The Morgan fingerprint density at radius 3 is 2.84 bits per heavy atom. The minimum absolute atomic E-state index is 0.0157. The molecule has 2 aromatic heterocycles. The molecule has 0 saturated heterocycles. The lowest BCUT2D eigenvalue weighted by molar-refractivity contribution is 0.251. The van der Waals surface area contributed by atoms with Gasteiger partial charge < -0.3 is 19.9 Å². The van der Waals surface area contributed by atoms with E-state index in [0.717, 1.165) is 22.4 Å². The van der Waals surface area contributed by atoms with Gasteiger partial charge in [0.25, 0.3) is 0 Å². The SMILES string of the molecule is COc1cc(NC(=O)NCC2c3ccccc3-c3cncn32)ccc1-c1cnn(C)c1. The summed E-state index contributed by atoms with van der Waals surface area (Å²) in [5.74, 6) is 0.665. The van der Waals surface area contributed by atoms with Crippen LogP contribution in [0.25, 0.3) is 22.4 Å². The van der Waals surface area contributed by atoms with Gasteiger partial charge in [-0.2, -0.15) is 5.10 Å². The van der Waals surface area contributed by atoms with E-state index < -0.39 is 0 Å². The Hall–Kier alpha value is -4.07. The van der Waals surface area contributed by atoms with Gasteiger partial charge in [0.1, 0.15) is 5.75 Å². The summed E-state index contributed by atoms with van der Waals surface area (Å²) in [6, 6.07) is 13.5. The van der Waals surface area contributed by atoms with Crippen LogP contribution in [0.15, 0.2) is 67.4 Å². The molecule has 8 heteroatoms. The molecule has 1 unspecified atom stereocenters. The fraction of sp³-hybridized carbons (Fsp3) is 0.174. The minimum atomic E-state index is -0.276. The number of anilines is 1. The number of methoxy groups -OCH3 is 1. The molecule has 5 rings (SSSR count). The maximum absolute atomic E-state index is 12.6. The van der Waals surface area contributed by atoms with Crippen LogP contribution in [0.3, 0.4) is 0 Å². The van der Waals surface area contributed by atoms with Gasteiger partial charge in [-0.25, -0.2) is 9.78 Å². The smallest absolute Gasteiger partial charge is 0.319 e. The van der Waals surface area contributed by atoms with Crippen LogP contribution in [0.5, 0.6) is 5.75 Å². The molecule has 156 valence electrons. The molecule has 0 fully saturated rings. The minimum Gasteiger partial charge on any atom is -0.496 e. The van der Waals surface area contributed by atoms with Crippen LogP contribution in [-0.2, 0) is 7.05 Å². The highest BCUT2D eigenvalue weighted by atomic mass is 16.5. The van der Waals surface area contributed by atoms with E-state index in [9.17, 15) is 4.79 Å². The average molecular weight is 414 g/mol. The van der Waals surface area contributed by atoms with Crippen LogP contribution >= 0.6 is 0 Å². The van der Waals surface area contributed by atoms with E-state index in [1.165, 1.54) is 5.56 Å². The van der Waals surface area contributed by atoms with Crippen LogP contribution in [0, 0.1) is 0 Å². The number of hydrogen-bond donors (Lipinski definition) is 2. The topological polar surface area (TPSA) is 86.0 Å². The molecule has 3 heterocycles. The lowest BCUT2D eigenvalue weighted by atomic mass is 10.0. The molecule has 31 heavy (non-hydrogen) atoms. The van der Waals surface area contributed by atoms with Crippen LogP contribution in [-0.4, -0.2) is 39.0 Å². The average Bonchev–Trinajstić information content (AvgIpc) is 3.49. The highest BCUT2D eigenvalue weighted by Gasteiger charge is 2.28. The number of carbonyl (C=O) groups is 1. The van der Waals surface area contributed by atoms with Gasteiger partial charge >= 0.3 is 6.03 Å². The number of hydrogen-bond acceptors (Lipinski definition) is 4. The first-order chi connectivity index (χ1) is 15.1. The Bertz CT molecular complexity index is 1260. The summed E-state index contributed by atoms with van der Waals surface area (Å²) in [7, 11) is 3.48. The third-order valence-electron chi connectivity index (χ3n) is 5.53. The second-order valence-corrected chi connectivity index (χ2v) is 7.44. The summed E-state index contributed by atoms with van der Waals surface area (Å²) in [5, 5.41) is 10.1. The Kier molecular flexibility index (Phi) is 4.66. The standard InChI is InChI=1S/C23H22N6O2/c1-28-13-15(10-26-28)17-8-7-16(9-22(17)31-2)27-23(30)25-12-21-19-6-4-3-5-18(19)20-11-24-14-29(20)21/h3-11,13-14,21H,12H2,1-2H3,(H2,25,27,30). The van der Waals surface area contributed by atoms with Gasteiger partial charge in [0.2, 0.25) is 0 Å². The summed E-state index contributed by atoms with van der Waals surface area (Å²) in [5.41, 5.74) is 5.92. The van der Waals surface area contributed by atoms with E-state index in [1.54, 1.807) is 24.1 Å². The molecule has 1 aliphatic heterocycles. The summed E-state index contributed by atoms with van der Waals surface area (Å²) in [4.78, 5) is 16.8. The predicted molar refractivity (Wildman–Crippen MR) is 118 cm³/mol. The molecule has 8 nitrogen and oxygen atoms in total. The van der Waals surface area contributed by atoms with Crippen molar-refractivity contribution >= 4 is 11.7 Å². The van der Waals surface area contributed by atoms with Gasteiger partial charge in [-0.3, -0.25) is 4.68 Å². The molecule has 1 atom stereocenters. The van der Waals surface area contributed by atoms with Crippen molar-refractivity contribution in [1.29, 1.82) is 0 Å². The van der Waals surface area contributed by atoms with Gasteiger partial charge in [0.15, 0.2) is 0 Å². The molecular weight excluding hydrogens is 392 g/mol. The van der Waals surface area contributed by atoms with Crippen molar-refractivity contribution in [1.82, 2.24) is 24.6 Å². The zero-order chi connectivity index (χ0) is 21.4. The van der Waals surface area contributed by atoms with E-state index in [1.807, 2.05) is 50.0 Å². The Balaban J connectivity index is 1.28. The number of aryl methyl sites for hydroxylation is 1. The van der Waals surface area contributed by atoms with E-state index >= 15 is 0 Å². The van der Waals surface area contributed by atoms with Crippen molar-refractivity contribution in [3.05, 3.63) is 72.9 Å². The lowest BCUT2D eigenvalue weighted by Gasteiger charge is -2.16. The monoisotopic (exact) mass is 414 g/mol. The van der Waals surface area contributed by atoms with Gasteiger partial charge in [-0.05, 0) is 17.7 Å². The summed E-state index contributed by atoms with van der Waals surface area (Å²) >= 11 is 0. The van der Waals surface area contributed by atoms with Gasteiger partial charge in [-0.15, -0.1) is 0 Å². The maximum Gasteiger partial charge on any atom is 0.319 e. The zero-order valence-corrected chi connectivity index (χ0v) is 17.2. The largest absolute Gasteiger partial charge is 0.496 e. The highest BCUT2D eigenvalue weighted by Crippen LogP contribution is 2.38. The van der Waals surface area contributed by atoms with E-state index in [0.29, 0.717) is 18.0 Å². The van der Waals surface area contributed by atoms with Crippen molar-refractivity contribution in [3.8, 4) is 28.1 Å². The number of urea groups is 1. The summed E-state index contributed by atoms with van der Waals surface area (Å²) in [6.45, 7) is 0.455. The van der Waals surface area contributed by atoms with Gasteiger partial charge in [-0.1, -0.05) is 24.3 Å².